The van der Waals surface area contributed by atoms with Gasteiger partial charge in [0.2, 0.25) is 0 Å². The summed E-state index contributed by atoms with van der Waals surface area (Å²) in [6, 6.07) is 11.0. The van der Waals surface area contributed by atoms with Crippen LogP contribution in [0, 0.1) is 0 Å². The van der Waals surface area contributed by atoms with Gasteiger partial charge in [-0.2, -0.15) is 0 Å². The summed E-state index contributed by atoms with van der Waals surface area (Å²) in [6.07, 6.45) is -0.0107. The number of piperazine rings is 1. The number of carbonyl (C=O) groups excluding carboxylic acids is 2. The van der Waals surface area contributed by atoms with Crippen LogP contribution in [0.25, 0.3) is 11.3 Å². The van der Waals surface area contributed by atoms with Crippen molar-refractivity contribution in [2.75, 3.05) is 36.5 Å². The summed E-state index contributed by atoms with van der Waals surface area (Å²) in [5.74, 6) is 0.133. The molecular weight excluding hydrogens is 421 g/mol. The van der Waals surface area contributed by atoms with Gasteiger partial charge in [-0.3, -0.25) is 9.59 Å². The van der Waals surface area contributed by atoms with E-state index in [9.17, 15) is 14.0 Å². The summed E-state index contributed by atoms with van der Waals surface area (Å²) in [5, 5.41) is 10.9. The lowest BCUT2D eigenvalue weighted by atomic mass is 10.1. The summed E-state index contributed by atoms with van der Waals surface area (Å²) in [5.41, 5.74) is 2.37. The van der Waals surface area contributed by atoms with E-state index in [1.165, 1.54) is 13.2 Å². The van der Waals surface area contributed by atoms with Crippen LogP contribution in [0.3, 0.4) is 0 Å². The van der Waals surface area contributed by atoms with Crippen molar-refractivity contribution in [2.24, 2.45) is 0 Å². The molecule has 1 aliphatic heterocycles. The zero-order valence-electron chi connectivity index (χ0n) is 17.4. The van der Waals surface area contributed by atoms with Gasteiger partial charge in [0.25, 0.3) is 5.91 Å². The van der Waals surface area contributed by atoms with E-state index >= 15 is 0 Å². The number of amides is 1. The quantitative estimate of drug-likeness (QED) is 0.434. The summed E-state index contributed by atoms with van der Waals surface area (Å²) in [7, 11) is 0. The number of ether oxygens (including phenoxy) is 1. The molecule has 1 atom stereocenters. The van der Waals surface area contributed by atoms with Gasteiger partial charge in [-0.15, -0.1) is 0 Å². The van der Waals surface area contributed by atoms with Crippen LogP contribution in [-0.4, -0.2) is 59.6 Å². The Morgan fingerprint density at radius 1 is 1.22 bits per heavy atom. The van der Waals surface area contributed by atoms with E-state index in [1.807, 2.05) is 35.2 Å². The molecular formula is C21H22FN5O5. The lowest BCUT2D eigenvalue weighted by molar-refractivity contribution is -0.153. The molecule has 2 aromatic heterocycles. The highest BCUT2D eigenvalue weighted by Crippen LogP contribution is 2.25. The van der Waals surface area contributed by atoms with Crippen LogP contribution in [0.5, 0.6) is 0 Å². The van der Waals surface area contributed by atoms with E-state index in [4.69, 9.17) is 9.05 Å². The maximum Gasteiger partial charge on any atom is 0.303 e. The highest BCUT2D eigenvalue weighted by atomic mass is 19.1. The van der Waals surface area contributed by atoms with E-state index in [1.54, 1.807) is 6.07 Å². The predicted octanol–water partition coefficient (Wildman–Crippen LogP) is 2.45. The molecule has 1 fully saturated rings. The molecule has 168 valence electrons. The molecule has 1 aliphatic rings. The standard InChI is InChI=1S/C21H22FN5O5/c1-14(28)30-13-21(29)27-8-7-26(12-19(27)22)16-4-2-15(3-5-16)18-10-17(32-24-18)11-23-20-6-9-31-25-20/h2-6,9-10,19H,7-8,11-13H2,1H3,(H,23,25). The lowest BCUT2D eigenvalue weighted by Gasteiger charge is -2.38. The smallest absolute Gasteiger partial charge is 0.303 e. The van der Waals surface area contributed by atoms with E-state index in [0.717, 1.165) is 16.2 Å². The second-order valence-electron chi connectivity index (χ2n) is 7.21. The molecule has 0 radical (unpaired) electrons. The summed E-state index contributed by atoms with van der Waals surface area (Å²) in [6.45, 7) is 1.88. The first-order valence-corrected chi connectivity index (χ1v) is 10.0. The Morgan fingerprint density at radius 2 is 2.03 bits per heavy atom. The fourth-order valence-electron chi connectivity index (χ4n) is 3.36. The van der Waals surface area contributed by atoms with Crippen molar-refractivity contribution in [1.29, 1.82) is 0 Å². The first-order chi connectivity index (χ1) is 15.5. The number of alkyl halides is 1. The van der Waals surface area contributed by atoms with Crippen LogP contribution in [-0.2, 0) is 20.9 Å². The normalized spacial score (nSPS) is 16.1. The van der Waals surface area contributed by atoms with Crippen LogP contribution in [0.15, 0.2) is 51.7 Å². The van der Waals surface area contributed by atoms with Gasteiger partial charge < -0.3 is 28.9 Å². The highest BCUT2D eigenvalue weighted by molar-refractivity contribution is 5.80. The number of hydrogen-bond acceptors (Lipinski definition) is 9. The van der Waals surface area contributed by atoms with Crippen molar-refractivity contribution in [2.45, 2.75) is 19.8 Å². The Labute approximate surface area is 182 Å². The molecule has 3 aromatic rings. The zero-order valence-corrected chi connectivity index (χ0v) is 17.4. The lowest BCUT2D eigenvalue weighted by Crippen LogP contribution is -2.54. The topological polar surface area (TPSA) is 114 Å². The molecule has 0 bridgehead atoms. The van der Waals surface area contributed by atoms with Crippen LogP contribution < -0.4 is 10.2 Å². The molecule has 4 rings (SSSR count). The predicted molar refractivity (Wildman–Crippen MR) is 111 cm³/mol. The number of rotatable bonds is 7. The van der Waals surface area contributed by atoms with Gasteiger partial charge in [0.05, 0.1) is 13.1 Å². The first-order valence-electron chi connectivity index (χ1n) is 10.0. The molecule has 1 N–H and O–H groups in total. The minimum absolute atomic E-state index is 0.0347. The molecule has 32 heavy (non-hydrogen) atoms. The van der Waals surface area contributed by atoms with Crippen molar-refractivity contribution >= 4 is 23.4 Å². The fourth-order valence-corrected chi connectivity index (χ4v) is 3.36. The Balaban J connectivity index is 1.33. The second kappa shape index (κ2) is 9.50. The van der Waals surface area contributed by atoms with E-state index in [-0.39, 0.29) is 13.1 Å². The van der Waals surface area contributed by atoms with Crippen molar-refractivity contribution < 1.29 is 27.8 Å². The summed E-state index contributed by atoms with van der Waals surface area (Å²) < 4.78 is 29.3. The van der Waals surface area contributed by atoms with Gasteiger partial charge >= 0.3 is 5.97 Å². The highest BCUT2D eigenvalue weighted by Gasteiger charge is 2.30. The van der Waals surface area contributed by atoms with Gasteiger partial charge in [-0.1, -0.05) is 22.4 Å². The number of halogens is 1. The molecule has 3 heterocycles. The Hall–Kier alpha value is -3.89. The molecule has 1 aromatic carbocycles. The third-order valence-electron chi connectivity index (χ3n) is 5.01. The van der Waals surface area contributed by atoms with Gasteiger partial charge in [-0.05, 0) is 12.1 Å². The summed E-state index contributed by atoms with van der Waals surface area (Å²) in [4.78, 5) is 25.8. The number of anilines is 2. The number of carbonyl (C=O) groups is 2. The zero-order chi connectivity index (χ0) is 22.5. The molecule has 1 saturated heterocycles. The van der Waals surface area contributed by atoms with Gasteiger partial charge in [0.1, 0.15) is 12.0 Å². The molecule has 11 heteroatoms. The average Bonchev–Trinajstić information content (AvgIpc) is 3.48. The molecule has 1 unspecified atom stereocenters. The first kappa shape index (κ1) is 21.3. The minimum atomic E-state index is -1.48. The Morgan fingerprint density at radius 3 is 2.72 bits per heavy atom. The molecule has 0 spiro atoms. The third-order valence-corrected chi connectivity index (χ3v) is 5.01. The Kier molecular flexibility index (Phi) is 6.34. The van der Waals surface area contributed by atoms with Crippen molar-refractivity contribution in [3.05, 3.63) is 48.4 Å². The number of aromatic nitrogens is 2. The SMILES string of the molecule is CC(=O)OCC(=O)N1CCN(c2ccc(-c3cc(CNc4ccon4)on3)cc2)CC1F. The van der Waals surface area contributed by atoms with E-state index in [2.05, 4.69) is 20.4 Å². The Bertz CT molecular complexity index is 1050. The fraction of sp³-hybridized carbons (Fsp3) is 0.333. The maximum atomic E-state index is 14.6. The van der Waals surface area contributed by atoms with Crippen molar-refractivity contribution in [3.8, 4) is 11.3 Å². The molecule has 10 nitrogen and oxygen atoms in total. The summed E-state index contributed by atoms with van der Waals surface area (Å²) >= 11 is 0. The van der Waals surface area contributed by atoms with Crippen LogP contribution in [0.4, 0.5) is 15.9 Å². The third kappa shape index (κ3) is 5.05. The number of benzene rings is 1. The second-order valence-corrected chi connectivity index (χ2v) is 7.21. The van der Waals surface area contributed by atoms with Crippen molar-refractivity contribution in [3.63, 3.8) is 0 Å². The molecule has 0 saturated carbocycles. The van der Waals surface area contributed by atoms with E-state index in [0.29, 0.717) is 30.4 Å². The number of hydrogen-bond donors (Lipinski definition) is 1. The van der Waals surface area contributed by atoms with Crippen LogP contribution in [0.1, 0.15) is 12.7 Å². The van der Waals surface area contributed by atoms with Gasteiger partial charge in [0, 0.05) is 43.4 Å². The monoisotopic (exact) mass is 443 g/mol. The van der Waals surface area contributed by atoms with Crippen molar-refractivity contribution in [1.82, 2.24) is 15.2 Å². The van der Waals surface area contributed by atoms with Gasteiger partial charge in [-0.25, -0.2) is 4.39 Å². The molecule has 1 amide bonds. The van der Waals surface area contributed by atoms with Gasteiger partial charge in [0.15, 0.2) is 24.5 Å². The molecule has 0 aliphatic carbocycles. The van der Waals surface area contributed by atoms with E-state index < -0.39 is 24.8 Å². The minimum Gasteiger partial charge on any atom is -0.456 e. The number of nitrogens with one attached hydrogen (secondary N) is 1. The number of esters is 1. The average molecular weight is 443 g/mol. The maximum absolute atomic E-state index is 14.6. The van der Waals surface area contributed by atoms with Crippen LogP contribution in [0.2, 0.25) is 0 Å². The number of nitrogens with zero attached hydrogens (tertiary/aromatic N) is 4. The van der Waals surface area contributed by atoms with Crippen LogP contribution >= 0.6 is 0 Å². The largest absolute Gasteiger partial charge is 0.456 e.